The van der Waals surface area contributed by atoms with Crippen molar-refractivity contribution in [2.24, 2.45) is 7.05 Å². The van der Waals surface area contributed by atoms with Crippen LogP contribution < -0.4 is 0 Å². The monoisotopic (exact) mass is 294 g/mol. The maximum absolute atomic E-state index is 5.99. The van der Waals surface area contributed by atoms with E-state index in [2.05, 4.69) is 23.5 Å². The standard InChI is InChI=1S/C15H23ClN4/c1-4-11-13-14(19(3)18-11)20(12(17-13)7-10-16)15(2)8-5-6-9-15/h4-10H2,1-3H3. The van der Waals surface area contributed by atoms with E-state index in [4.69, 9.17) is 16.6 Å². The van der Waals surface area contributed by atoms with E-state index in [0.717, 1.165) is 29.9 Å². The first-order chi connectivity index (χ1) is 9.60. The Morgan fingerprint density at radius 1 is 1.30 bits per heavy atom. The average molecular weight is 295 g/mol. The van der Waals surface area contributed by atoms with Gasteiger partial charge < -0.3 is 4.57 Å². The molecule has 4 nitrogen and oxygen atoms in total. The number of imidazole rings is 1. The van der Waals surface area contributed by atoms with Gasteiger partial charge in [-0.3, -0.25) is 4.68 Å². The molecule has 1 aliphatic rings. The normalized spacial score (nSPS) is 18.2. The SMILES string of the molecule is CCc1nn(C)c2c1nc(CCCl)n2C1(C)CCCC1. The molecule has 3 rings (SSSR count). The lowest BCUT2D eigenvalue weighted by Crippen LogP contribution is -2.29. The summed E-state index contributed by atoms with van der Waals surface area (Å²) >= 11 is 5.99. The molecule has 20 heavy (non-hydrogen) atoms. The minimum atomic E-state index is 0.176. The fourth-order valence-corrected chi connectivity index (χ4v) is 3.81. The van der Waals surface area contributed by atoms with Gasteiger partial charge in [-0.2, -0.15) is 5.10 Å². The summed E-state index contributed by atoms with van der Waals surface area (Å²) < 4.78 is 4.44. The van der Waals surface area contributed by atoms with Gasteiger partial charge in [-0.05, 0) is 26.2 Å². The van der Waals surface area contributed by atoms with E-state index in [1.54, 1.807) is 0 Å². The van der Waals surface area contributed by atoms with Crippen LogP contribution in [0.3, 0.4) is 0 Å². The molecule has 0 bridgehead atoms. The quantitative estimate of drug-likeness (QED) is 0.810. The van der Waals surface area contributed by atoms with Gasteiger partial charge >= 0.3 is 0 Å². The summed E-state index contributed by atoms with van der Waals surface area (Å²) in [5.74, 6) is 1.75. The van der Waals surface area contributed by atoms with Gasteiger partial charge in [0, 0.05) is 24.9 Å². The topological polar surface area (TPSA) is 35.6 Å². The van der Waals surface area contributed by atoms with Crippen molar-refractivity contribution in [3.05, 3.63) is 11.5 Å². The minimum absolute atomic E-state index is 0.176. The van der Waals surface area contributed by atoms with Crippen molar-refractivity contribution >= 4 is 22.8 Å². The van der Waals surface area contributed by atoms with Crippen LogP contribution in [0.5, 0.6) is 0 Å². The van der Waals surface area contributed by atoms with Crippen molar-refractivity contribution in [2.45, 2.75) is 57.9 Å². The Labute approximate surface area is 125 Å². The molecule has 0 aliphatic heterocycles. The smallest absolute Gasteiger partial charge is 0.159 e. The summed E-state index contributed by atoms with van der Waals surface area (Å²) in [4.78, 5) is 4.88. The second-order valence-electron chi connectivity index (χ2n) is 6.10. The third kappa shape index (κ3) is 1.96. The van der Waals surface area contributed by atoms with Crippen LogP contribution in [0.15, 0.2) is 0 Å². The van der Waals surface area contributed by atoms with Gasteiger partial charge in [0.25, 0.3) is 0 Å². The largest absolute Gasteiger partial charge is 0.307 e. The number of fused-ring (bicyclic) bond motifs is 1. The van der Waals surface area contributed by atoms with Gasteiger partial charge in [0.1, 0.15) is 11.3 Å². The van der Waals surface area contributed by atoms with Crippen LogP contribution >= 0.6 is 11.6 Å². The van der Waals surface area contributed by atoms with Crippen molar-refractivity contribution in [1.29, 1.82) is 0 Å². The van der Waals surface area contributed by atoms with E-state index < -0.39 is 0 Å². The van der Waals surface area contributed by atoms with Crippen molar-refractivity contribution in [3.63, 3.8) is 0 Å². The van der Waals surface area contributed by atoms with Crippen molar-refractivity contribution in [2.75, 3.05) is 5.88 Å². The highest BCUT2D eigenvalue weighted by atomic mass is 35.5. The molecule has 2 aromatic heterocycles. The Morgan fingerprint density at radius 2 is 2.00 bits per heavy atom. The van der Waals surface area contributed by atoms with Crippen molar-refractivity contribution < 1.29 is 0 Å². The lowest BCUT2D eigenvalue weighted by molar-refractivity contribution is 0.324. The molecular formula is C15H23ClN4. The summed E-state index contributed by atoms with van der Waals surface area (Å²) in [6, 6.07) is 0. The van der Waals surface area contributed by atoms with E-state index >= 15 is 0 Å². The Bertz CT molecular complexity index is 619. The van der Waals surface area contributed by atoms with E-state index in [-0.39, 0.29) is 5.54 Å². The molecule has 1 saturated carbocycles. The minimum Gasteiger partial charge on any atom is -0.307 e. The zero-order valence-electron chi connectivity index (χ0n) is 12.6. The molecule has 1 aliphatic carbocycles. The Hall–Kier alpha value is -1.03. The average Bonchev–Trinajstić information content (AvgIpc) is 3.07. The molecule has 0 spiro atoms. The fraction of sp³-hybridized carbons (Fsp3) is 0.733. The van der Waals surface area contributed by atoms with Crippen molar-refractivity contribution in [1.82, 2.24) is 19.3 Å². The lowest BCUT2D eigenvalue weighted by Gasteiger charge is -2.28. The lowest BCUT2D eigenvalue weighted by atomic mass is 10.00. The van der Waals surface area contributed by atoms with Gasteiger partial charge in [0.2, 0.25) is 0 Å². The van der Waals surface area contributed by atoms with Gasteiger partial charge in [-0.1, -0.05) is 19.8 Å². The van der Waals surface area contributed by atoms with Crippen LogP contribution in [0.25, 0.3) is 11.2 Å². The number of aryl methyl sites for hydroxylation is 3. The molecule has 110 valence electrons. The number of alkyl halides is 1. The molecule has 0 unspecified atom stereocenters. The van der Waals surface area contributed by atoms with Crippen LogP contribution in [-0.4, -0.2) is 25.2 Å². The van der Waals surface area contributed by atoms with Crippen LogP contribution in [0.4, 0.5) is 0 Å². The number of hydrogen-bond donors (Lipinski definition) is 0. The van der Waals surface area contributed by atoms with Crippen LogP contribution in [0, 0.1) is 0 Å². The number of hydrogen-bond acceptors (Lipinski definition) is 2. The van der Waals surface area contributed by atoms with Gasteiger partial charge in [0.05, 0.1) is 5.69 Å². The molecular weight excluding hydrogens is 272 g/mol. The molecule has 1 fully saturated rings. The highest BCUT2D eigenvalue weighted by molar-refractivity contribution is 6.17. The maximum Gasteiger partial charge on any atom is 0.159 e. The summed E-state index contributed by atoms with van der Waals surface area (Å²) in [6.07, 6.45) is 6.80. The third-order valence-corrected chi connectivity index (χ3v) is 4.84. The van der Waals surface area contributed by atoms with Crippen LogP contribution in [0.2, 0.25) is 0 Å². The molecule has 5 heteroatoms. The number of aromatic nitrogens is 4. The van der Waals surface area contributed by atoms with Gasteiger partial charge in [-0.25, -0.2) is 4.98 Å². The molecule has 0 saturated heterocycles. The van der Waals surface area contributed by atoms with Crippen LogP contribution in [-0.2, 0) is 25.4 Å². The summed E-state index contributed by atoms with van der Waals surface area (Å²) in [5.41, 5.74) is 3.52. The van der Waals surface area contributed by atoms with Crippen molar-refractivity contribution in [3.8, 4) is 0 Å². The number of nitrogens with zero attached hydrogens (tertiary/aromatic N) is 4. The maximum atomic E-state index is 5.99. The molecule has 0 amide bonds. The molecule has 2 heterocycles. The molecule has 0 aromatic carbocycles. The summed E-state index contributed by atoms with van der Waals surface area (Å²) in [7, 11) is 2.03. The summed E-state index contributed by atoms with van der Waals surface area (Å²) in [6.45, 7) is 4.50. The molecule has 0 N–H and O–H groups in total. The first-order valence-electron chi connectivity index (χ1n) is 7.60. The number of rotatable bonds is 4. The Balaban J connectivity index is 2.26. The summed E-state index contributed by atoms with van der Waals surface area (Å²) in [5, 5.41) is 4.63. The molecule has 0 atom stereocenters. The van der Waals surface area contributed by atoms with Crippen LogP contribution in [0.1, 0.15) is 51.0 Å². The van der Waals surface area contributed by atoms with Gasteiger partial charge in [0.15, 0.2) is 5.65 Å². The first kappa shape index (κ1) is 13.9. The zero-order chi connectivity index (χ0) is 14.3. The van der Waals surface area contributed by atoms with E-state index in [1.807, 2.05) is 11.7 Å². The predicted molar refractivity (Wildman–Crippen MR) is 82.4 cm³/mol. The predicted octanol–water partition coefficient (Wildman–Crippen LogP) is 3.40. The highest BCUT2D eigenvalue weighted by Crippen LogP contribution is 2.39. The Morgan fingerprint density at radius 3 is 2.60 bits per heavy atom. The van der Waals surface area contributed by atoms with E-state index in [9.17, 15) is 0 Å². The third-order valence-electron chi connectivity index (χ3n) is 4.65. The second-order valence-corrected chi connectivity index (χ2v) is 6.48. The highest BCUT2D eigenvalue weighted by Gasteiger charge is 2.35. The molecule has 0 radical (unpaired) electrons. The van der Waals surface area contributed by atoms with Gasteiger partial charge in [-0.15, -0.1) is 11.6 Å². The molecule has 2 aromatic rings. The zero-order valence-corrected chi connectivity index (χ0v) is 13.4. The van der Waals surface area contributed by atoms with E-state index in [1.165, 1.54) is 31.3 Å². The fourth-order valence-electron chi connectivity index (χ4n) is 3.64. The van der Waals surface area contributed by atoms with E-state index in [0.29, 0.717) is 5.88 Å². The first-order valence-corrected chi connectivity index (χ1v) is 8.14. The number of halogens is 1. The second kappa shape index (κ2) is 5.06. The Kier molecular flexibility index (Phi) is 3.53.